The van der Waals surface area contributed by atoms with Gasteiger partial charge in [0.2, 0.25) is 10.0 Å². The van der Waals surface area contributed by atoms with Gasteiger partial charge in [-0.25, -0.2) is 12.8 Å². The number of ether oxygens (including phenoxy) is 1. The number of benzene rings is 2. The summed E-state index contributed by atoms with van der Waals surface area (Å²) in [6.45, 7) is 1.03. The van der Waals surface area contributed by atoms with E-state index in [9.17, 15) is 12.8 Å². The standard InChI is InChI=1S/C22H24FN3O3S/c1-25-22-11-12-26(30(27,28)16-17-7-3-2-4-8-17)13-19(22)21(24-25)15-29-14-18-9-5-6-10-20(18)23/h2-10H,11-16H2,1H3. The van der Waals surface area contributed by atoms with Crippen molar-refractivity contribution in [1.82, 2.24) is 14.1 Å². The van der Waals surface area contributed by atoms with Crippen LogP contribution in [-0.4, -0.2) is 29.0 Å². The van der Waals surface area contributed by atoms with Crippen LogP contribution >= 0.6 is 0 Å². The zero-order chi connectivity index (χ0) is 21.1. The van der Waals surface area contributed by atoms with Crippen LogP contribution in [-0.2, 0) is 53.7 Å². The molecule has 0 spiro atoms. The van der Waals surface area contributed by atoms with Crippen LogP contribution in [0.2, 0.25) is 0 Å². The third kappa shape index (κ3) is 4.45. The molecule has 0 unspecified atom stereocenters. The summed E-state index contributed by atoms with van der Waals surface area (Å²) in [7, 11) is -1.60. The third-order valence-corrected chi connectivity index (χ3v) is 7.13. The molecule has 0 saturated carbocycles. The number of hydrogen-bond donors (Lipinski definition) is 0. The summed E-state index contributed by atoms with van der Waals surface area (Å²) < 4.78 is 48.7. The van der Waals surface area contributed by atoms with Gasteiger partial charge in [0.25, 0.3) is 0 Å². The summed E-state index contributed by atoms with van der Waals surface area (Å²) in [6.07, 6.45) is 0.597. The van der Waals surface area contributed by atoms with Gasteiger partial charge in [-0.2, -0.15) is 9.40 Å². The molecule has 3 aromatic rings. The molecule has 2 aromatic carbocycles. The minimum atomic E-state index is -3.45. The van der Waals surface area contributed by atoms with E-state index in [-0.39, 0.29) is 31.3 Å². The molecule has 0 saturated heterocycles. The van der Waals surface area contributed by atoms with Gasteiger partial charge in [-0.05, 0) is 11.6 Å². The minimum absolute atomic E-state index is 0.0252. The lowest BCUT2D eigenvalue weighted by Gasteiger charge is -2.27. The fourth-order valence-corrected chi connectivity index (χ4v) is 5.24. The molecule has 0 radical (unpaired) electrons. The maximum absolute atomic E-state index is 13.8. The van der Waals surface area contributed by atoms with Crippen LogP contribution in [0.5, 0.6) is 0 Å². The maximum atomic E-state index is 13.8. The quantitative estimate of drug-likeness (QED) is 0.579. The third-order valence-electron chi connectivity index (χ3n) is 5.33. The normalized spacial score (nSPS) is 14.6. The predicted octanol–water partition coefficient (Wildman–Crippen LogP) is 3.16. The highest BCUT2D eigenvalue weighted by Crippen LogP contribution is 2.26. The maximum Gasteiger partial charge on any atom is 0.218 e. The van der Waals surface area contributed by atoms with Crippen LogP contribution < -0.4 is 0 Å². The van der Waals surface area contributed by atoms with Crippen LogP contribution in [0.3, 0.4) is 0 Å². The Balaban J connectivity index is 1.47. The average molecular weight is 430 g/mol. The van der Waals surface area contributed by atoms with Crippen molar-refractivity contribution in [2.45, 2.75) is 31.9 Å². The van der Waals surface area contributed by atoms with Crippen molar-refractivity contribution in [2.75, 3.05) is 6.54 Å². The molecule has 1 aliphatic rings. The number of fused-ring (bicyclic) bond motifs is 1. The van der Waals surface area contributed by atoms with Crippen molar-refractivity contribution >= 4 is 10.0 Å². The molecule has 30 heavy (non-hydrogen) atoms. The topological polar surface area (TPSA) is 64.4 Å². The number of rotatable bonds is 7. The van der Waals surface area contributed by atoms with Gasteiger partial charge in [0.05, 0.1) is 24.7 Å². The second-order valence-electron chi connectivity index (χ2n) is 7.41. The molecule has 0 fully saturated rings. The van der Waals surface area contributed by atoms with Crippen LogP contribution in [0.15, 0.2) is 54.6 Å². The first kappa shape index (κ1) is 20.7. The Morgan fingerprint density at radius 3 is 2.57 bits per heavy atom. The second-order valence-corrected chi connectivity index (χ2v) is 9.37. The van der Waals surface area contributed by atoms with Gasteiger partial charge >= 0.3 is 0 Å². The van der Waals surface area contributed by atoms with Crippen LogP contribution in [0, 0.1) is 5.82 Å². The van der Waals surface area contributed by atoms with E-state index in [0.717, 1.165) is 16.8 Å². The number of nitrogens with zero attached hydrogens (tertiary/aromatic N) is 3. The number of halogens is 1. The number of sulfonamides is 1. The summed E-state index contributed by atoms with van der Waals surface area (Å²) in [5.41, 5.74) is 3.85. The Kier molecular flexibility index (Phi) is 5.99. The fourth-order valence-electron chi connectivity index (χ4n) is 3.75. The summed E-state index contributed by atoms with van der Waals surface area (Å²) in [5.74, 6) is -0.332. The Bertz CT molecular complexity index is 1130. The van der Waals surface area contributed by atoms with Crippen LogP contribution in [0.25, 0.3) is 0 Å². The summed E-state index contributed by atoms with van der Waals surface area (Å²) in [4.78, 5) is 0. The van der Waals surface area contributed by atoms with Gasteiger partial charge in [0, 0.05) is 43.4 Å². The van der Waals surface area contributed by atoms with Crippen molar-refractivity contribution in [3.05, 3.63) is 88.5 Å². The van der Waals surface area contributed by atoms with Gasteiger partial charge in [0.1, 0.15) is 5.82 Å². The van der Waals surface area contributed by atoms with E-state index in [2.05, 4.69) is 5.10 Å². The van der Waals surface area contributed by atoms with E-state index in [0.29, 0.717) is 24.2 Å². The molecular formula is C22H24FN3O3S. The lowest BCUT2D eigenvalue weighted by molar-refractivity contribution is 0.101. The van der Waals surface area contributed by atoms with E-state index >= 15 is 0 Å². The van der Waals surface area contributed by atoms with Gasteiger partial charge in [-0.3, -0.25) is 4.68 Å². The van der Waals surface area contributed by atoms with Crippen LogP contribution in [0.1, 0.15) is 28.1 Å². The fraction of sp³-hybridized carbons (Fsp3) is 0.318. The van der Waals surface area contributed by atoms with Crippen molar-refractivity contribution in [3.8, 4) is 0 Å². The lowest BCUT2D eigenvalue weighted by atomic mass is 10.1. The highest BCUT2D eigenvalue weighted by atomic mass is 32.2. The van der Waals surface area contributed by atoms with Gasteiger partial charge in [-0.1, -0.05) is 48.5 Å². The minimum Gasteiger partial charge on any atom is -0.370 e. The van der Waals surface area contributed by atoms with Crippen LogP contribution in [0.4, 0.5) is 4.39 Å². The zero-order valence-electron chi connectivity index (χ0n) is 16.8. The molecule has 0 bridgehead atoms. The predicted molar refractivity (Wildman–Crippen MR) is 111 cm³/mol. The molecule has 8 heteroatoms. The molecule has 6 nitrogen and oxygen atoms in total. The first-order valence-electron chi connectivity index (χ1n) is 9.80. The van der Waals surface area contributed by atoms with Crippen molar-refractivity contribution < 1.29 is 17.5 Å². The smallest absolute Gasteiger partial charge is 0.218 e. The molecule has 0 N–H and O–H groups in total. The Labute approximate surface area is 176 Å². The molecule has 0 amide bonds. The Morgan fingerprint density at radius 2 is 1.80 bits per heavy atom. The van der Waals surface area contributed by atoms with E-state index in [1.807, 2.05) is 37.4 Å². The molecule has 1 aliphatic heterocycles. The van der Waals surface area contributed by atoms with Gasteiger partial charge in [-0.15, -0.1) is 0 Å². The monoisotopic (exact) mass is 429 g/mol. The van der Waals surface area contributed by atoms with E-state index in [1.165, 1.54) is 10.4 Å². The first-order valence-corrected chi connectivity index (χ1v) is 11.4. The van der Waals surface area contributed by atoms with Crippen molar-refractivity contribution in [2.24, 2.45) is 7.05 Å². The molecule has 1 aromatic heterocycles. The number of aryl methyl sites for hydroxylation is 1. The SMILES string of the molecule is Cn1nc(COCc2ccccc2F)c2c1CCN(S(=O)(=O)Cc1ccccc1)C2. The van der Waals surface area contributed by atoms with Crippen molar-refractivity contribution in [3.63, 3.8) is 0 Å². The van der Waals surface area contributed by atoms with Crippen molar-refractivity contribution in [1.29, 1.82) is 0 Å². The largest absolute Gasteiger partial charge is 0.370 e. The Morgan fingerprint density at radius 1 is 1.07 bits per heavy atom. The number of aromatic nitrogens is 2. The van der Waals surface area contributed by atoms with E-state index in [1.54, 1.807) is 22.9 Å². The lowest BCUT2D eigenvalue weighted by Crippen LogP contribution is -2.37. The first-order chi connectivity index (χ1) is 14.4. The summed E-state index contributed by atoms with van der Waals surface area (Å²) >= 11 is 0. The highest BCUT2D eigenvalue weighted by Gasteiger charge is 2.30. The van der Waals surface area contributed by atoms with Gasteiger partial charge in [0.15, 0.2) is 0 Å². The zero-order valence-corrected chi connectivity index (χ0v) is 17.6. The van der Waals surface area contributed by atoms with E-state index in [4.69, 9.17) is 4.74 Å². The number of hydrogen-bond acceptors (Lipinski definition) is 4. The molecule has 2 heterocycles. The highest BCUT2D eigenvalue weighted by molar-refractivity contribution is 7.88. The molecular weight excluding hydrogens is 405 g/mol. The average Bonchev–Trinajstić information content (AvgIpc) is 3.05. The molecule has 4 rings (SSSR count). The summed E-state index contributed by atoms with van der Waals surface area (Å²) in [6, 6.07) is 15.7. The second kappa shape index (κ2) is 8.67. The molecule has 0 aliphatic carbocycles. The van der Waals surface area contributed by atoms with E-state index < -0.39 is 10.0 Å². The summed E-state index contributed by atoms with van der Waals surface area (Å²) in [5, 5.41) is 4.52. The van der Waals surface area contributed by atoms with Gasteiger partial charge < -0.3 is 4.74 Å². The Hall–Kier alpha value is -2.55. The molecule has 0 atom stereocenters. The molecule has 158 valence electrons.